The van der Waals surface area contributed by atoms with E-state index in [0.717, 1.165) is 16.5 Å². The number of halogens is 1. The number of phenols is 1. The average Bonchev–Trinajstić information content (AvgIpc) is 2.65. The summed E-state index contributed by atoms with van der Waals surface area (Å²) >= 11 is 3.35. The van der Waals surface area contributed by atoms with Crippen molar-refractivity contribution in [2.24, 2.45) is 5.10 Å². The summed E-state index contributed by atoms with van der Waals surface area (Å²) in [4.78, 5) is 27.5. The third kappa shape index (κ3) is 7.57. The second kappa shape index (κ2) is 11.1. The molecule has 0 unspecified atom stereocenters. The van der Waals surface area contributed by atoms with E-state index in [1.165, 1.54) is 6.07 Å². The maximum absolute atomic E-state index is 11.8. The van der Waals surface area contributed by atoms with Crippen LogP contribution in [0, 0.1) is 0 Å². The van der Waals surface area contributed by atoms with E-state index in [1.54, 1.807) is 42.9 Å². The first-order valence-electron chi connectivity index (χ1n) is 8.55. The number of amides is 2. The second-order valence-corrected chi connectivity index (χ2v) is 6.67. The number of aromatic hydroxyl groups is 1. The molecule has 142 valence electrons. The van der Waals surface area contributed by atoms with Crippen molar-refractivity contribution >= 4 is 39.6 Å². The molecule has 8 heteroatoms. The van der Waals surface area contributed by atoms with E-state index in [4.69, 9.17) is 0 Å². The molecule has 1 heterocycles. The fourth-order valence-corrected chi connectivity index (χ4v) is 2.61. The highest BCUT2D eigenvalue weighted by molar-refractivity contribution is 9.10. The number of hydrazone groups is 1. The summed E-state index contributed by atoms with van der Waals surface area (Å²) in [5.74, 6) is -0.287. The number of benzene rings is 1. The van der Waals surface area contributed by atoms with E-state index < -0.39 is 0 Å². The molecule has 0 aliphatic carbocycles. The van der Waals surface area contributed by atoms with Gasteiger partial charge in [-0.05, 0) is 47.0 Å². The van der Waals surface area contributed by atoms with E-state index in [9.17, 15) is 14.7 Å². The normalized spacial score (nSPS) is 10.7. The molecule has 0 saturated carbocycles. The molecule has 0 bridgehead atoms. The number of anilines is 1. The summed E-state index contributed by atoms with van der Waals surface area (Å²) in [6.45, 7) is 0. The zero-order valence-electron chi connectivity index (χ0n) is 14.7. The minimum atomic E-state index is -0.171. The molecule has 7 nitrogen and oxygen atoms in total. The van der Waals surface area contributed by atoms with Crippen molar-refractivity contribution in [3.63, 3.8) is 0 Å². The van der Waals surface area contributed by atoms with Crippen LogP contribution in [0.5, 0.6) is 5.75 Å². The topological polar surface area (TPSA) is 104 Å². The highest BCUT2D eigenvalue weighted by Crippen LogP contribution is 2.21. The lowest BCUT2D eigenvalue weighted by molar-refractivity contribution is -0.121. The van der Waals surface area contributed by atoms with Gasteiger partial charge in [-0.1, -0.05) is 18.6 Å². The van der Waals surface area contributed by atoms with Crippen molar-refractivity contribution in [3.8, 4) is 5.75 Å². The summed E-state index contributed by atoms with van der Waals surface area (Å²) < 4.78 is 0.796. The van der Waals surface area contributed by atoms with Crippen LogP contribution < -0.4 is 10.7 Å². The van der Waals surface area contributed by atoms with Crippen LogP contribution in [0.2, 0.25) is 0 Å². The van der Waals surface area contributed by atoms with Crippen LogP contribution in [-0.4, -0.2) is 28.1 Å². The average molecular weight is 433 g/mol. The molecule has 0 radical (unpaired) electrons. The smallest absolute Gasteiger partial charge is 0.240 e. The number of carbonyl (C=O) groups excluding carboxylic acids is 2. The van der Waals surface area contributed by atoms with Crippen molar-refractivity contribution in [2.75, 3.05) is 5.32 Å². The van der Waals surface area contributed by atoms with Crippen molar-refractivity contribution < 1.29 is 14.7 Å². The Morgan fingerprint density at radius 2 is 1.85 bits per heavy atom. The molecule has 0 atom stereocenters. The predicted octanol–water partition coefficient (Wildman–Crippen LogP) is 3.59. The van der Waals surface area contributed by atoms with Crippen LogP contribution in [0.15, 0.2) is 52.3 Å². The van der Waals surface area contributed by atoms with Crippen LogP contribution >= 0.6 is 15.9 Å². The van der Waals surface area contributed by atoms with E-state index in [-0.39, 0.29) is 17.6 Å². The zero-order chi connectivity index (χ0) is 19.5. The van der Waals surface area contributed by atoms with E-state index in [2.05, 4.69) is 36.8 Å². The summed E-state index contributed by atoms with van der Waals surface area (Å²) in [5.41, 5.74) is 3.70. The van der Waals surface area contributed by atoms with Crippen molar-refractivity contribution in [1.82, 2.24) is 10.4 Å². The van der Waals surface area contributed by atoms with Gasteiger partial charge < -0.3 is 10.4 Å². The second-order valence-electron chi connectivity index (χ2n) is 5.82. The van der Waals surface area contributed by atoms with E-state index in [0.29, 0.717) is 31.4 Å². The minimum Gasteiger partial charge on any atom is -0.506 e. The fourth-order valence-electron chi connectivity index (χ4n) is 2.26. The Balaban J connectivity index is 1.58. The fraction of sp³-hybridized carbons (Fsp3) is 0.263. The zero-order valence-corrected chi connectivity index (χ0v) is 16.3. The molecule has 1 aromatic heterocycles. The number of nitrogens with one attached hydrogen (secondary N) is 2. The molecule has 0 aliphatic rings. The predicted molar refractivity (Wildman–Crippen MR) is 107 cm³/mol. The number of aromatic nitrogens is 1. The molecule has 3 N–H and O–H groups in total. The molecule has 0 fully saturated rings. The molecule has 2 rings (SSSR count). The summed E-state index contributed by atoms with van der Waals surface area (Å²) in [6, 6.07) is 8.37. The number of unbranched alkanes of at least 4 members (excludes halogenated alkanes) is 2. The summed E-state index contributed by atoms with van der Waals surface area (Å²) in [7, 11) is 0. The van der Waals surface area contributed by atoms with Gasteiger partial charge >= 0.3 is 0 Å². The number of para-hydroxylation sites is 2. The standard InChI is InChI=1S/C19H21BrN4O3/c20-15-13-21-11-10-14(15)12-22-24-19(27)9-3-1-2-8-18(26)23-16-6-4-5-7-17(16)25/h4-7,10-13,25H,1-3,8-9H2,(H,23,26)(H,24,27)/b22-12-. The lowest BCUT2D eigenvalue weighted by Gasteiger charge is -2.06. The Bertz CT molecular complexity index is 811. The lowest BCUT2D eigenvalue weighted by Crippen LogP contribution is -2.17. The molecule has 27 heavy (non-hydrogen) atoms. The Kier molecular flexibility index (Phi) is 8.44. The Morgan fingerprint density at radius 3 is 2.59 bits per heavy atom. The maximum Gasteiger partial charge on any atom is 0.240 e. The number of hydrogen-bond donors (Lipinski definition) is 3. The van der Waals surface area contributed by atoms with Gasteiger partial charge in [0.15, 0.2) is 0 Å². The number of nitrogens with zero attached hydrogens (tertiary/aromatic N) is 2. The Labute approximate surface area is 166 Å². The van der Waals surface area contributed by atoms with Gasteiger partial charge in [-0.15, -0.1) is 0 Å². The largest absolute Gasteiger partial charge is 0.506 e. The molecule has 1 aromatic carbocycles. The first-order valence-corrected chi connectivity index (χ1v) is 9.35. The Morgan fingerprint density at radius 1 is 1.11 bits per heavy atom. The van der Waals surface area contributed by atoms with Gasteiger partial charge in [0.2, 0.25) is 11.8 Å². The molecule has 2 amide bonds. The number of hydrogen-bond acceptors (Lipinski definition) is 5. The van der Waals surface area contributed by atoms with Crippen molar-refractivity contribution in [1.29, 1.82) is 0 Å². The van der Waals surface area contributed by atoms with E-state index in [1.807, 2.05) is 0 Å². The molecular formula is C19H21BrN4O3. The van der Waals surface area contributed by atoms with Crippen molar-refractivity contribution in [3.05, 3.63) is 52.8 Å². The van der Waals surface area contributed by atoms with Crippen LogP contribution in [0.1, 0.15) is 37.7 Å². The lowest BCUT2D eigenvalue weighted by atomic mass is 10.1. The first-order chi connectivity index (χ1) is 13.1. The molecule has 0 spiro atoms. The Hall–Kier alpha value is -2.74. The van der Waals surface area contributed by atoms with Gasteiger partial charge in [0.1, 0.15) is 5.75 Å². The third-order valence-corrected chi connectivity index (χ3v) is 4.35. The highest BCUT2D eigenvalue weighted by Gasteiger charge is 2.06. The van der Waals surface area contributed by atoms with Crippen LogP contribution in [0.3, 0.4) is 0 Å². The highest BCUT2D eigenvalue weighted by atomic mass is 79.9. The van der Waals surface area contributed by atoms with Gasteiger partial charge in [0.05, 0.1) is 11.9 Å². The van der Waals surface area contributed by atoms with Crippen LogP contribution in [-0.2, 0) is 9.59 Å². The van der Waals surface area contributed by atoms with E-state index >= 15 is 0 Å². The number of pyridine rings is 1. The quantitative estimate of drug-likeness (QED) is 0.243. The van der Waals surface area contributed by atoms with Gasteiger partial charge in [-0.2, -0.15) is 5.10 Å². The minimum absolute atomic E-state index is 0.0434. The number of phenolic OH excluding ortho intramolecular Hbond substituents is 1. The van der Waals surface area contributed by atoms with Gasteiger partial charge in [0.25, 0.3) is 0 Å². The molecule has 2 aromatic rings. The van der Waals surface area contributed by atoms with Gasteiger partial charge in [0, 0.05) is 35.3 Å². The molecular weight excluding hydrogens is 412 g/mol. The van der Waals surface area contributed by atoms with Gasteiger partial charge in [-0.3, -0.25) is 14.6 Å². The summed E-state index contributed by atoms with van der Waals surface area (Å²) in [5, 5.41) is 16.2. The molecule has 0 aliphatic heterocycles. The van der Waals surface area contributed by atoms with Crippen molar-refractivity contribution in [2.45, 2.75) is 32.1 Å². The van der Waals surface area contributed by atoms with Crippen LogP contribution in [0.4, 0.5) is 5.69 Å². The summed E-state index contributed by atoms with van der Waals surface area (Å²) in [6.07, 6.45) is 7.61. The van der Waals surface area contributed by atoms with Gasteiger partial charge in [-0.25, -0.2) is 5.43 Å². The number of carbonyl (C=O) groups is 2. The molecule has 0 saturated heterocycles. The monoisotopic (exact) mass is 432 g/mol. The SMILES string of the molecule is O=C(CCCCCC(=O)Nc1ccccc1O)N/N=C\c1ccncc1Br. The third-order valence-electron chi connectivity index (χ3n) is 3.68. The van der Waals surface area contributed by atoms with Crippen LogP contribution in [0.25, 0.3) is 0 Å². The maximum atomic E-state index is 11.8. The first kappa shape index (κ1) is 20.6. The number of rotatable bonds is 9.